The summed E-state index contributed by atoms with van der Waals surface area (Å²) >= 11 is 5.30. The quantitative estimate of drug-likeness (QED) is 0.687. The molecule has 2 aromatic carbocycles. The van der Waals surface area contributed by atoms with Crippen molar-refractivity contribution in [2.24, 2.45) is 0 Å². The van der Waals surface area contributed by atoms with Gasteiger partial charge in [0, 0.05) is 0 Å². The lowest BCUT2D eigenvalue weighted by Gasteiger charge is -2.12. The lowest BCUT2D eigenvalue weighted by Crippen LogP contribution is -2.18. The molecule has 0 saturated carbocycles. The summed E-state index contributed by atoms with van der Waals surface area (Å²) in [6, 6.07) is 11.3. The van der Waals surface area contributed by atoms with Crippen LogP contribution in [0.4, 0.5) is 13.2 Å². The van der Waals surface area contributed by atoms with E-state index in [9.17, 15) is 18.0 Å². The van der Waals surface area contributed by atoms with Gasteiger partial charge in [-0.05, 0) is 67.1 Å². The Bertz CT molecular complexity index is 684. The maximum Gasteiger partial charge on any atom is 0.573 e. The first-order valence-electron chi connectivity index (χ1n) is 6.73. The van der Waals surface area contributed by atoms with E-state index < -0.39 is 17.7 Å². The largest absolute Gasteiger partial charge is 0.573 e. The van der Waals surface area contributed by atoms with Crippen molar-refractivity contribution in [3.63, 3.8) is 0 Å². The standard InChI is InChI=1S/C16H12ClF3O4/c1-10(15(17)21)22-11-2-4-12(5-3-11)23-13-6-8-14(9-7-13)24-16(18,19)20/h2-10H,1H3. The van der Waals surface area contributed by atoms with Crippen LogP contribution in [0, 0.1) is 0 Å². The van der Waals surface area contributed by atoms with E-state index in [1.165, 1.54) is 19.1 Å². The molecule has 1 atom stereocenters. The summed E-state index contributed by atoms with van der Waals surface area (Å²) in [6.45, 7) is 1.52. The van der Waals surface area contributed by atoms with Gasteiger partial charge in [-0.15, -0.1) is 13.2 Å². The van der Waals surface area contributed by atoms with E-state index in [1.54, 1.807) is 24.3 Å². The van der Waals surface area contributed by atoms with E-state index in [4.69, 9.17) is 21.1 Å². The second-order valence-corrected chi connectivity index (χ2v) is 5.03. The van der Waals surface area contributed by atoms with Gasteiger partial charge in [0.05, 0.1) is 0 Å². The van der Waals surface area contributed by atoms with Crippen molar-refractivity contribution in [3.05, 3.63) is 48.5 Å². The van der Waals surface area contributed by atoms with Gasteiger partial charge in [0.25, 0.3) is 5.24 Å². The molecular weight excluding hydrogens is 349 g/mol. The van der Waals surface area contributed by atoms with E-state index in [2.05, 4.69) is 4.74 Å². The van der Waals surface area contributed by atoms with Crippen LogP contribution in [-0.2, 0) is 4.79 Å². The molecule has 128 valence electrons. The van der Waals surface area contributed by atoms with Gasteiger partial charge in [0.2, 0.25) is 0 Å². The lowest BCUT2D eigenvalue weighted by molar-refractivity contribution is -0.274. The molecule has 2 rings (SSSR count). The number of hydrogen-bond donors (Lipinski definition) is 0. The number of rotatable bonds is 6. The molecule has 0 spiro atoms. The Balaban J connectivity index is 1.97. The zero-order valence-electron chi connectivity index (χ0n) is 12.3. The average Bonchev–Trinajstić information content (AvgIpc) is 2.49. The molecule has 0 amide bonds. The number of carbonyl (C=O) groups excluding carboxylic acids is 1. The molecule has 2 aromatic rings. The van der Waals surface area contributed by atoms with Crippen LogP contribution in [0.2, 0.25) is 0 Å². The summed E-state index contributed by atoms with van der Waals surface area (Å²) in [5.41, 5.74) is 0. The van der Waals surface area contributed by atoms with Gasteiger partial charge in [-0.2, -0.15) is 0 Å². The van der Waals surface area contributed by atoms with Crippen molar-refractivity contribution >= 4 is 16.8 Å². The van der Waals surface area contributed by atoms with Gasteiger partial charge < -0.3 is 14.2 Å². The third-order valence-corrected chi connectivity index (χ3v) is 3.06. The zero-order valence-corrected chi connectivity index (χ0v) is 13.1. The first-order valence-corrected chi connectivity index (χ1v) is 7.10. The minimum Gasteiger partial charge on any atom is -0.482 e. The summed E-state index contributed by atoms with van der Waals surface area (Å²) in [7, 11) is 0. The van der Waals surface area contributed by atoms with Crippen molar-refractivity contribution in [3.8, 4) is 23.0 Å². The first kappa shape index (κ1) is 17.9. The molecule has 0 radical (unpaired) electrons. The fourth-order valence-electron chi connectivity index (χ4n) is 1.68. The molecule has 24 heavy (non-hydrogen) atoms. The van der Waals surface area contributed by atoms with Crippen LogP contribution < -0.4 is 14.2 Å². The summed E-state index contributed by atoms with van der Waals surface area (Å²) in [6.07, 6.45) is -5.51. The second-order valence-electron chi connectivity index (χ2n) is 4.66. The van der Waals surface area contributed by atoms with Crippen molar-refractivity contribution in [2.45, 2.75) is 19.4 Å². The van der Waals surface area contributed by atoms with Crippen molar-refractivity contribution in [1.82, 2.24) is 0 Å². The van der Waals surface area contributed by atoms with Gasteiger partial charge >= 0.3 is 6.36 Å². The number of halogens is 4. The van der Waals surface area contributed by atoms with Crippen LogP contribution in [0.15, 0.2) is 48.5 Å². The molecule has 0 fully saturated rings. The Morgan fingerprint density at radius 2 is 1.33 bits per heavy atom. The molecule has 0 aromatic heterocycles. The first-order chi connectivity index (χ1) is 11.2. The van der Waals surface area contributed by atoms with Crippen molar-refractivity contribution < 1.29 is 32.2 Å². The summed E-state index contributed by atoms with van der Waals surface area (Å²) in [5, 5.41) is -0.614. The molecule has 0 aliphatic carbocycles. The zero-order chi connectivity index (χ0) is 17.7. The van der Waals surface area contributed by atoms with Crippen molar-refractivity contribution in [1.29, 1.82) is 0 Å². The fourth-order valence-corrected chi connectivity index (χ4v) is 1.73. The molecule has 0 aliphatic rings. The van der Waals surface area contributed by atoms with Crippen LogP contribution in [0.25, 0.3) is 0 Å². The maximum atomic E-state index is 12.1. The smallest absolute Gasteiger partial charge is 0.482 e. The van der Waals surface area contributed by atoms with Crippen LogP contribution in [0.1, 0.15) is 6.92 Å². The molecule has 0 N–H and O–H groups in total. The highest BCUT2D eigenvalue weighted by Gasteiger charge is 2.30. The number of ether oxygens (including phenoxy) is 3. The predicted octanol–water partition coefficient (Wildman–Crippen LogP) is 4.91. The second kappa shape index (κ2) is 7.44. The topological polar surface area (TPSA) is 44.8 Å². The monoisotopic (exact) mass is 360 g/mol. The Hall–Kier alpha value is -2.41. The number of alkyl halides is 3. The van der Waals surface area contributed by atoms with E-state index in [1.807, 2.05) is 0 Å². The lowest BCUT2D eigenvalue weighted by atomic mass is 10.3. The van der Waals surface area contributed by atoms with E-state index in [-0.39, 0.29) is 5.75 Å². The molecule has 4 nitrogen and oxygen atoms in total. The molecule has 0 aliphatic heterocycles. The van der Waals surface area contributed by atoms with Crippen LogP contribution in [0.5, 0.6) is 23.0 Å². The third-order valence-electron chi connectivity index (χ3n) is 2.75. The number of benzene rings is 2. The molecule has 0 saturated heterocycles. The van der Waals surface area contributed by atoms with Crippen LogP contribution in [0.3, 0.4) is 0 Å². The summed E-state index contributed by atoms with van der Waals surface area (Å²) in [5.74, 6) is 0.871. The highest BCUT2D eigenvalue weighted by molar-refractivity contribution is 6.64. The average molecular weight is 361 g/mol. The van der Waals surface area contributed by atoms with E-state index >= 15 is 0 Å². The maximum absolute atomic E-state index is 12.1. The number of hydrogen-bond acceptors (Lipinski definition) is 4. The molecular formula is C16H12ClF3O4. The van der Waals surface area contributed by atoms with Gasteiger partial charge in [-0.25, -0.2) is 0 Å². The highest BCUT2D eigenvalue weighted by Crippen LogP contribution is 2.28. The highest BCUT2D eigenvalue weighted by atomic mass is 35.5. The molecule has 0 heterocycles. The summed E-state index contributed by atoms with van der Waals surface area (Å²) < 4.78 is 50.8. The number of carbonyl (C=O) groups is 1. The Labute approximate surface area is 140 Å². The normalized spacial score (nSPS) is 12.4. The van der Waals surface area contributed by atoms with E-state index in [0.29, 0.717) is 17.2 Å². The Morgan fingerprint density at radius 1 is 0.917 bits per heavy atom. The summed E-state index contributed by atoms with van der Waals surface area (Å²) in [4.78, 5) is 10.9. The SMILES string of the molecule is CC(Oc1ccc(Oc2ccc(OC(F)(F)F)cc2)cc1)C(=O)Cl. The van der Waals surface area contributed by atoms with Gasteiger partial charge in [-0.1, -0.05) is 0 Å². The van der Waals surface area contributed by atoms with Crippen molar-refractivity contribution in [2.75, 3.05) is 0 Å². The predicted molar refractivity (Wildman–Crippen MR) is 80.6 cm³/mol. The third kappa shape index (κ3) is 5.66. The minimum absolute atomic E-state index is 0.335. The molecule has 0 bridgehead atoms. The van der Waals surface area contributed by atoms with Crippen LogP contribution >= 0.6 is 11.6 Å². The molecule has 8 heteroatoms. The fraction of sp³-hybridized carbons (Fsp3) is 0.188. The van der Waals surface area contributed by atoms with Crippen LogP contribution in [-0.4, -0.2) is 17.7 Å². The van der Waals surface area contributed by atoms with Gasteiger partial charge in [0.1, 0.15) is 23.0 Å². The molecule has 1 unspecified atom stereocenters. The Morgan fingerprint density at radius 3 is 1.75 bits per heavy atom. The minimum atomic E-state index is -4.74. The van der Waals surface area contributed by atoms with Gasteiger partial charge in [-0.3, -0.25) is 4.79 Å². The van der Waals surface area contributed by atoms with E-state index in [0.717, 1.165) is 12.1 Å². The van der Waals surface area contributed by atoms with Gasteiger partial charge in [0.15, 0.2) is 6.10 Å². The Kier molecular flexibility index (Phi) is 5.56.